The van der Waals surface area contributed by atoms with Crippen LogP contribution in [0.25, 0.3) is 0 Å². The van der Waals surface area contributed by atoms with Crippen LogP contribution in [0, 0.1) is 20.8 Å². The van der Waals surface area contributed by atoms with Gasteiger partial charge in [-0.2, -0.15) is 13.2 Å². The molecule has 2 aromatic rings. The SMILES string of the molecule is Cc1ccccc1SCC(=O)c1cc(C)n(CC(F)(F)F)c1C. The number of ketones is 1. The van der Waals surface area contributed by atoms with Crippen molar-refractivity contribution in [2.24, 2.45) is 0 Å². The van der Waals surface area contributed by atoms with Crippen molar-refractivity contribution in [3.63, 3.8) is 0 Å². The minimum atomic E-state index is -4.30. The van der Waals surface area contributed by atoms with Crippen LogP contribution in [0.5, 0.6) is 0 Å². The lowest BCUT2D eigenvalue weighted by molar-refractivity contribution is -0.141. The molecule has 6 heteroatoms. The zero-order chi connectivity index (χ0) is 17.2. The molecule has 1 aromatic carbocycles. The Labute approximate surface area is 137 Å². The van der Waals surface area contributed by atoms with Crippen LogP contribution in [0.4, 0.5) is 13.2 Å². The molecular formula is C17H18F3NOS. The molecular weight excluding hydrogens is 323 g/mol. The second-order valence-corrected chi connectivity index (χ2v) is 6.48. The Morgan fingerprint density at radius 3 is 2.43 bits per heavy atom. The number of aryl methyl sites for hydroxylation is 2. The van der Waals surface area contributed by atoms with Crippen LogP contribution in [0.1, 0.15) is 27.3 Å². The largest absolute Gasteiger partial charge is 0.406 e. The lowest BCUT2D eigenvalue weighted by Gasteiger charge is -2.12. The molecule has 0 fully saturated rings. The van der Waals surface area contributed by atoms with Crippen LogP contribution in [-0.4, -0.2) is 22.3 Å². The predicted octanol–water partition coefficient (Wildman–Crippen LogP) is 4.95. The molecule has 2 nitrogen and oxygen atoms in total. The van der Waals surface area contributed by atoms with Gasteiger partial charge >= 0.3 is 6.18 Å². The summed E-state index contributed by atoms with van der Waals surface area (Å²) in [5.74, 6) is 0.0565. The maximum atomic E-state index is 12.6. The number of hydrogen-bond acceptors (Lipinski definition) is 2. The number of thioether (sulfide) groups is 1. The highest BCUT2D eigenvalue weighted by molar-refractivity contribution is 8.00. The number of halogens is 3. The van der Waals surface area contributed by atoms with E-state index in [9.17, 15) is 18.0 Å². The fraction of sp³-hybridized carbons (Fsp3) is 0.353. The van der Waals surface area contributed by atoms with Gasteiger partial charge in [-0.25, -0.2) is 0 Å². The van der Waals surface area contributed by atoms with Crippen molar-refractivity contribution in [2.45, 2.75) is 38.4 Å². The molecule has 0 saturated carbocycles. The summed E-state index contributed by atoms with van der Waals surface area (Å²) in [4.78, 5) is 13.4. The van der Waals surface area contributed by atoms with Crippen molar-refractivity contribution in [3.8, 4) is 0 Å². The molecule has 0 radical (unpaired) electrons. The Kier molecular flexibility index (Phi) is 5.24. The lowest BCUT2D eigenvalue weighted by atomic mass is 10.2. The zero-order valence-electron chi connectivity index (χ0n) is 13.2. The van der Waals surface area contributed by atoms with Gasteiger partial charge in [-0.05, 0) is 38.5 Å². The zero-order valence-corrected chi connectivity index (χ0v) is 14.0. The van der Waals surface area contributed by atoms with E-state index in [1.165, 1.54) is 11.8 Å². The van der Waals surface area contributed by atoms with Crippen LogP contribution < -0.4 is 0 Å². The van der Waals surface area contributed by atoms with E-state index in [1.54, 1.807) is 19.9 Å². The highest BCUT2D eigenvalue weighted by Crippen LogP contribution is 2.26. The Bertz CT molecular complexity index is 719. The second-order valence-electron chi connectivity index (χ2n) is 5.46. The number of alkyl halides is 3. The van der Waals surface area contributed by atoms with Crippen molar-refractivity contribution < 1.29 is 18.0 Å². The van der Waals surface area contributed by atoms with E-state index in [0.29, 0.717) is 17.0 Å². The maximum Gasteiger partial charge on any atom is 0.406 e. The third kappa shape index (κ3) is 4.41. The molecule has 0 atom stereocenters. The van der Waals surface area contributed by atoms with Crippen molar-refractivity contribution in [2.75, 3.05) is 5.75 Å². The molecule has 0 aliphatic heterocycles. The van der Waals surface area contributed by atoms with Gasteiger partial charge in [-0.3, -0.25) is 4.79 Å². The standard InChI is InChI=1S/C17H18F3NOS/c1-11-6-4-5-7-16(11)23-9-15(22)14-8-12(2)21(13(14)3)10-17(18,19)20/h4-8H,9-10H2,1-3H3. The van der Waals surface area contributed by atoms with Crippen molar-refractivity contribution in [3.05, 3.63) is 52.8 Å². The molecule has 1 aromatic heterocycles. The third-order valence-corrected chi connectivity index (χ3v) is 4.84. The smallest absolute Gasteiger partial charge is 0.339 e. The Hall–Kier alpha value is -1.69. The molecule has 0 spiro atoms. The molecule has 0 aliphatic rings. The van der Waals surface area contributed by atoms with Gasteiger partial charge in [0.2, 0.25) is 0 Å². The molecule has 0 N–H and O–H groups in total. The summed E-state index contributed by atoms with van der Waals surface area (Å²) in [5, 5.41) is 0. The first-order valence-electron chi connectivity index (χ1n) is 7.14. The minimum Gasteiger partial charge on any atom is -0.339 e. The number of carbonyl (C=O) groups excluding carboxylic acids is 1. The summed E-state index contributed by atoms with van der Waals surface area (Å²) in [6.07, 6.45) is -4.30. The van der Waals surface area contributed by atoms with Gasteiger partial charge in [0, 0.05) is 21.8 Å². The van der Waals surface area contributed by atoms with Crippen molar-refractivity contribution >= 4 is 17.5 Å². The average molecular weight is 341 g/mol. The molecule has 0 aliphatic carbocycles. The lowest BCUT2D eigenvalue weighted by Crippen LogP contribution is -2.19. The summed E-state index contributed by atoms with van der Waals surface area (Å²) in [7, 11) is 0. The Morgan fingerprint density at radius 2 is 1.83 bits per heavy atom. The first-order valence-corrected chi connectivity index (χ1v) is 8.12. The van der Waals surface area contributed by atoms with Gasteiger partial charge in [-0.15, -0.1) is 11.8 Å². The van der Waals surface area contributed by atoms with Gasteiger partial charge in [0.1, 0.15) is 6.54 Å². The number of hydrogen-bond donors (Lipinski definition) is 0. The van der Waals surface area contributed by atoms with E-state index in [2.05, 4.69) is 0 Å². The summed E-state index contributed by atoms with van der Waals surface area (Å²) in [6, 6.07) is 9.25. The minimum absolute atomic E-state index is 0.153. The van der Waals surface area contributed by atoms with Gasteiger partial charge in [0.25, 0.3) is 0 Å². The van der Waals surface area contributed by atoms with E-state index in [-0.39, 0.29) is 11.5 Å². The highest BCUT2D eigenvalue weighted by atomic mass is 32.2. The molecule has 0 unspecified atom stereocenters. The first kappa shape index (κ1) is 17.7. The van der Waals surface area contributed by atoms with Crippen molar-refractivity contribution in [1.29, 1.82) is 0 Å². The van der Waals surface area contributed by atoms with E-state index in [4.69, 9.17) is 0 Å². The van der Waals surface area contributed by atoms with Crippen LogP contribution in [-0.2, 0) is 6.54 Å². The van der Waals surface area contributed by atoms with E-state index < -0.39 is 12.7 Å². The number of carbonyl (C=O) groups is 1. The Balaban J connectivity index is 2.14. The second kappa shape index (κ2) is 6.83. The molecule has 124 valence electrons. The van der Waals surface area contributed by atoms with Crippen molar-refractivity contribution in [1.82, 2.24) is 4.57 Å². The number of rotatable bonds is 5. The summed E-state index contributed by atoms with van der Waals surface area (Å²) < 4.78 is 39.0. The molecule has 2 rings (SSSR count). The van der Waals surface area contributed by atoms with Crippen LogP contribution >= 0.6 is 11.8 Å². The number of Topliss-reactive ketones (excluding diaryl/α,β-unsaturated/α-hetero) is 1. The maximum absolute atomic E-state index is 12.6. The normalized spacial score (nSPS) is 11.7. The molecule has 1 heterocycles. The van der Waals surface area contributed by atoms with Gasteiger partial charge in [0.15, 0.2) is 5.78 Å². The van der Waals surface area contributed by atoms with Gasteiger partial charge < -0.3 is 4.57 Å². The number of benzene rings is 1. The van der Waals surface area contributed by atoms with E-state index in [0.717, 1.165) is 15.0 Å². The summed E-state index contributed by atoms with van der Waals surface area (Å²) in [6.45, 7) is 4.04. The number of aromatic nitrogens is 1. The Morgan fingerprint density at radius 1 is 1.17 bits per heavy atom. The van der Waals surface area contributed by atoms with Gasteiger partial charge in [0.05, 0.1) is 5.75 Å². The van der Waals surface area contributed by atoms with Crippen LogP contribution in [0.2, 0.25) is 0 Å². The predicted molar refractivity (Wildman–Crippen MR) is 86.2 cm³/mol. The third-order valence-electron chi connectivity index (χ3n) is 3.66. The topological polar surface area (TPSA) is 22.0 Å². The summed E-state index contributed by atoms with van der Waals surface area (Å²) in [5.41, 5.74) is 2.26. The quantitative estimate of drug-likeness (QED) is 0.567. The first-order chi connectivity index (χ1) is 10.7. The summed E-state index contributed by atoms with van der Waals surface area (Å²) >= 11 is 1.41. The fourth-order valence-electron chi connectivity index (χ4n) is 2.45. The molecule has 23 heavy (non-hydrogen) atoms. The van der Waals surface area contributed by atoms with Crippen LogP contribution in [0.3, 0.4) is 0 Å². The fourth-order valence-corrected chi connectivity index (χ4v) is 3.36. The van der Waals surface area contributed by atoms with E-state index >= 15 is 0 Å². The molecule has 0 amide bonds. The molecule has 0 bridgehead atoms. The van der Waals surface area contributed by atoms with Gasteiger partial charge in [-0.1, -0.05) is 18.2 Å². The highest BCUT2D eigenvalue weighted by Gasteiger charge is 2.30. The monoisotopic (exact) mass is 341 g/mol. The van der Waals surface area contributed by atoms with E-state index in [1.807, 2.05) is 31.2 Å². The number of nitrogens with zero attached hydrogens (tertiary/aromatic N) is 1. The van der Waals surface area contributed by atoms with Crippen LogP contribution in [0.15, 0.2) is 35.2 Å². The average Bonchev–Trinajstić information content (AvgIpc) is 2.73. The molecule has 0 saturated heterocycles.